The first kappa shape index (κ1) is 19.7. The van der Waals surface area contributed by atoms with E-state index in [0.717, 1.165) is 49.3 Å². The maximum atomic E-state index is 12.8. The Morgan fingerprint density at radius 1 is 1.23 bits per heavy atom. The Hall–Kier alpha value is -2.21. The summed E-state index contributed by atoms with van der Waals surface area (Å²) in [4.78, 5) is 17.3. The molecule has 30 heavy (non-hydrogen) atoms. The van der Waals surface area contributed by atoms with Gasteiger partial charge in [-0.05, 0) is 68.9 Å². The smallest absolute Gasteiger partial charge is 0.282 e. The van der Waals surface area contributed by atoms with Crippen molar-refractivity contribution < 1.29 is 9.47 Å². The Morgan fingerprint density at radius 2 is 2.07 bits per heavy atom. The largest absolute Gasteiger partial charge is 0.353 e. The number of hydrogen-bond donors (Lipinski definition) is 0. The summed E-state index contributed by atoms with van der Waals surface area (Å²) in [7, 11) is 0. The van der Waals surface area contributed by atoms with Gasteiger partial charge in [-0.3, -0.25) is 9.36 Å². The molecule has 1 atom stereocenters. The number of nitrogens with zero attached hydrogens (tertiary/aromatic N) is 2. The van der Waals surface area contributed by atoms with Crippen LogP contribution in [0.2, 0.25) is 5.02 Å². The van der Waals surface area contributed by atoms with Crippen molar-refractivity contribution in [2.75, 3.05) is 13.2 Å². The molecule has 2 aliphatic heterocycles. The number of benzene rings is 2. The van der Waals surface area contributed by atoms with E-state index in [1.54, 1.807) is 6.07 Å². The Balaban J connectivity index is 1.57. The lowest BCUT2D eigenvalue weighted by Gasteiger charge is -2.24. The van der Waals surface area contributed by atoms with Crippen LogP contribution in [-0.4, -0.2) is 29.1 Å². The molecular formula is C24H25ClN2O3. The first-order valence-electron chi connectivity index (χ1n) is 10.6. The highest BCUT2D eigenvalue weighted by molar-refractivity contribution is 6.35. The predicted octanol–water partition coefficient (Wildman–Crippen LogP) is 4.76. The first-order chi connectivity index (χ1) is 14.5. The average molecular weight is 425 g/mol. The fourth-order valence-corrected chi connectivity index (χ4v) is 5.10. The normalized spacial score (nSPS) is 19.6. The maximum absolute atomic E-state index is 12.8. The molecule has 1 aromatic heterocycles. The third-order valence-electron chi connectivity index (χ3n) is 6.23. The molecule has 6 heteroatoms. The van der Waals surface area contributed by atoms with Gasteiger partial charge in [0.15, 0.2) is 6.29 Å². The van der Waals surface area contributed by atoms with E-state index in [0.29, 0.717) is 17.0 Å². The van der Waals surface area contributed by atoms with Gasteiger partial charge < -0.3 is 9.47 Å². The minimum atomic E-state index is -0.400. The molecule has 0 radical (unpaired) electrons. The highest BCUT2D eigenvalue weighted by atomic mass is 35.5. The van der Waals surface area contributed by atoms with Crippen molar-refractivity contribution >= 4 is 22.5 Å². The van der Waals surface area contributed by atoms with Gasteiger partial charge in [-0.2, -0.15) is 4.98 Å². The van der Waals surface area contributed by atoms with Crippen LogP contribution in [0.1, 0.15) is 50.1 Å². The monoisotopic (exact) mass is 424 g/mol. The third kappa shape index (κ3) is 3.08. The lowest BCUT2D eigenvalue weighted by molar-refractivity contribution is -0.161. The van der Waals surface area contributed by atoms with E-state index in [1.807, 2.05) is 12.1 Å². The molecule has 0 saturated carbocycles. The fourth-order valence-electron chi connectivity index (χ4n) is 4.85. The quantitative estimate of drug-likeness (QED) is 0.605. The Labute approximate surface area is 180 Å². The van der Waals surface area contributed by atoms with Gasteiger partial charge in [0.05, 0.1) is 33.6 Å². The summed E-state index contributed by atoms with van der Waals surface area (Å²) in [5.74, 6) is 0.751. The molecule has 156 valence electrons. The second kappa shape index (κ2) is 7.49. The van der Waals surface area contributed by atoms with Crippen LogP contribution >= 0.6 is 11.6 Å². The number of fused-ring (bicyclic) bond motifs is 5. The molecule has 0 spiro atoms. The number of ether oxygens (including phenoxy) is 2. The average Bonchev–Trinajstić information content (AvgIpc) is 2.97. The molecule has 1 unspecified atom stereocenters. The van der Waals surface area contributed by atoms with Crippen LogP contribution in [0.4, 0.5) is 0 Å². The summed E-state index contributed by atoms with van der Waals surface area (Å²) in [5.41, 5.74) is 3.58. The second-order valence-electron chi connectivity index (χ2n) is 8.56. The lowest BCUT2D eigenvalue weighted by atomic mass is 9.82. The van der Waals surface area contributed by atoms with Gasteiger partial charge in [0.1, 0.15) is 5.82 Å². The van der Waals surface area contributed by atoms with Crippen LogP contribution in [0.15, 0.2) is 41.2 Å². The van der Waals surface area contributed by atoms with E-state index >= 15 is 0 Å². The van der Waals surface area contributed by atoms with E-state index in [4.69, 9.17) is 21.1 Å². The Bertz CT molecular complexity index is 1180. The van der Waals surface area contributed by atoms with Gasteiger partial charge in [0.2, 0.25) is 0 Å². The van der Waals surface area contributed by atoms with Gasteiger partial charge in [-0.1, -0.05) is 29.8 Å². The molecule has 5 rings (SSSR count). The van der Waals surface area contributed by atoms with Gasteiger partial charge in [0, 0.05) is 6.61 Å². The molecule has 0 amide bonds. The van der Waals surface area contributed by atoms with Crippen LogP contribution in [0.3, 0.4) is 0 Å². The number of rotatable bonds is 4. The minimum Gasteiger partial charge on any atom is -0.353 e. The summed E-state index contributed by atoms with van der Waals surface area (Å²) in [6.07, 6.45) is 3.92. The highest BCUT2D eigenvalue weighted by Gasteiger charge is 2.40. The first-order valence-corrected chi connectivity index (χ1v) is 10.9. The van der Waals surface area contributed by atoms with Gasteiger partial charge in [0.25, 0.3) is 5.56 Å². The van der Waals surface area contributed by atoms with Crippen molar-refractivity contribution in [1.82, 2.24) is 9.55 Å². The van der Waals surface area contributed by atoms with Crippen LogP contribution < -0.4 is 5.56 Å². The molecule has 3 aromatic rings. The predicted molar refractivity (Wildman–Crippen MR) is 118 cm³/mol. The topological polar surface area (TPSA) is 53.4 Å². The zero-order chi connectivity index (χ0) is 20.9. The van der Waals surface area contributed by atoms with Crippen molar-refractivity contribution in [2.24, 2.45) is 0 Å². The van der Waals surface area contributed by atoms with Gasteiger partial charge in [-0.25, -0.2) is 0 Å². The second-order valence-corrected chi connectivity index (χ2v) is 8.97. The molecule has 3 heterocycles. The summed E-state index contributed by atoms with van der Waals surface area (Å²) in [6.45, 7) is 5.64. The van der Waals surface area contributed by atoms with Crippen molar-refractivity contribution in [2.45, 2.75) is 51.2 Å². The van der Waals surface area contributed by atoms with Crippen molar-refractivity contribution in [1.29, 1.82) is 0 Å². The van der Waals surface area contributed by atoms with Crippen LogP contribution in [-0.2, 0) is 21.3 Å². The zero-order valence-corrected chi connectivity index (χ0v) is 18.0. The van der Waals surface area contributed by atoms with Crippen molar-refractivity contribution in [3.63, 3.8) is 0 Å². The lowest BCUT2D eigenvalue weighted by Crippen LogP contribution is -2.25. The molecule has 0 aliphatic carbocycles. The van der Waals surface area contributed by atoms with Gasteiger partial charge in [-0.15, -0.1) is 0 Å². The van der Waals surface area contributed by atoms with Gasteiger partial charge >= 0.3 is 0 Å². The van der Waals surface area contributed by atoms with E-state index in [-0.39, 0.29) is 11.8 Å². The molecule has 1 fully saturated rings. The molecule has 2 aliphatic rings. The third-order valence-corrected chi connectivity index (χ3v) is 6.55. The highest BCUT2D eigenvalue weighted by Crippen LogP contribution is 2.44. The van der Waals surface area contributed by atoms with Crippen LogP contribution in [0, 0.1) is 0 Å². The summed E-state index contributed by atoms with van der Waals surface area (Å²) >= 11 is 6.35. The SMILES string of the molecule is CC1(C)c2c(CCOC3CCCCO3)cccc2-n2c1nc(=O)c1c(Cl)cccc12. The number of halogens is 1. The van der Waals surface area contributed by atoms with Crippen LogP contribution in [0.25, 0.3) is 16.6 Å². The number of aromatic nitrogens is 2. The molecule has 0 bridgehead atoms. The van der Waals surface area contributed by atoms with E-state index < -0.39 is 5.41 Å². The van der Waals surface area contributed by atoms with E-state index in [9.17, 15) is 4.79 Å². The summed E-state index contributed by atoms with van der Waals surface area (Å²) in [5, 5.41) is 0.901. The fraction of sp³-hybridized carbons (Fsp3) is 0.417. The van der Waals surface area contributed by atoms with Crippen molar-refractivity contribution in [3.05, 3.63) is 68.7 Å². The molecule has 2 aromatic carbocycles. The minimum absolute atomic E-state index is 0.0918. The zero-order valence-electron chi connectivity index (χ0n) is 17.3. The molecule has 0 N–H and O–H groups in total. The number of hydrogen-bond acceptors (Lipinski definition) is 4. The summed E-state index contributed by atoms with van der Waals surface area (Å²) in [6, 6.07) is 11.9. The van der Waals surface area contributed by atoms with E-state index in [1.165, 1.54) is 11.1 Å². The van der Waals surface area contributed by atoms with Crippen molar-refractivity contribution in [3.8, 4) is 5.69 Å². The van der Waals surface area contributed by atoms with E-state index in [2.05, 4.69) is 41.6 Å². The molecule has 5 nitrogen and oxygen atoms in total. The standard InChI is InChI=1S/C24H25ClN2O3/c1-24(2)21-15(12-14-30-19-11-3-4-13-29-19)7-5-10-18(21)27-17-9-6-8-16(25)20(17)22(28)26-23(24)27/h5-10,19H,3-4,11-14H2,1-2H3. The Kier molecular flexibility index (Phi) is 4.92. The molecule has 1 saturated heterocycles. The summed E-state index contributed by atoms with van der Waals surface area (Å²) < 4.78 is 13.8. The molecular weight excluding hydrogens is 400 g/mol. The Morgan fingerprint density at radius 3 is 2.87 bits per heavy atom. The maximum Gasteiger partial charge on any atom is 0.282 e. The van der Waals surface area contributed by atoms with Crippen LogP contribution in [0.5, 0.6) is 0 Å².